The van der Waals surface area contributed by atoms with Gasteiger partial charge < -0.3 is 9.30 Å². The van der Waals surface area contributed by atoms with Gasteiger partial charge in [-0.2, -0.15) is 10.2 Å². The van der Waals surface area contributed by atoms with Gasteiger partial charge in [-0.3, -0.25) is 9.89 Å². The predicted molar refractivity (Wildman–Crippen MR) is 129 cm³/mol. The molecule has 0 unspecified atom stereocenters. The molecule has 0 atom stereocenters. The van der Waals surface area contributed by atoms with Crippen molar-refractivity contribution in [2.75, 3.05) is 7.11 Å². The monoisotopic (exact) mass is 477 g/mol. The number of aromatic amines is 1. The number of methoxy groups -OCH3 is 1. The van der Waals surface area contributed by atoms with Crippen molar-refractivity contribution in [3.05, 3.63) is 67.6 Å². The molecule has 0 radical (unpaired) electrons. The number of benzene rings is 1. The van der Waals surface area contributed by atoms with Crippen molar-refractivity contribution in [2.24, 2.45) is 7.05 Å². The van der Waals surface area contributed by atoms with Gasteiger partial charge in [0.2, 0.25) is 0 Å². The van der Waals surface area contributed by atoms with Gasteiger partial charge in [0.15, 0.2) is 5.65 Å². The Labute approximate surface area is 195 Å². The van der Waals surface area contributed by atoms with E-state index in [4.69, 9.17) is 9.72 Å². The minimum absolute atomic E-state index is 0.133. The molecular formula is C22H19N7O2S2. The SMILES string of the molecule is COCc1nc(Cc2nc3c(s2)c2cnn(Cc4cccc5[nH]ncc45)c(=O)c2n3C)cs1. The molecule has 1 aromatic carbocycles. The van der Waals surface area contributed by atoms with Crippen LogP contribution in [0.1, 0.15) is 21.3 Å². The third kappa shape index (κ3) is 3.36. The van der Waals surface area contributed by atoms with Crippen LogP contribution in [-0.4, -0.2) is 41.6 Å². The van der Waals surface area contributed by atoms with Crippen molar-refractivity contribution < 1.29 is 4.74 Å². The molecule has 0 saturated carbocycles. The zero-order valence-corrected chi connectivity index (χ0v) is 19.5. The molecule has 0 aliphatic carbocycles. The first-order chi connectivity index (χ1) is 16.1. The van der Waals surface area contributed by atoms with Crippen LogP contribution in [-0.2, 0) is 31.4 Å². The molecule has 0 aliphatic heterocycles. The van der Waals surface area contributed by atoms with Crippen LogP contribution in [0.5, 0.6) is 0 Å². The number of hydrogen-bond donors (Lipinski definition) is 1. The summed E-state index contributed by atoms with van der Waals surface area (Å²) in [6, 6.07) is 5.90. The molecule has 1 N–H and O–H groups in total. The number of rotatable bonds is 6. The molecule has 6 aromatic rings. The maximum atomic E-state index is 13.3. The second-order valence-electron chi connectivity index (χ2n) is 7.78. The summed E-state index contributed by atoms with van der Waals surface area (Å²) in [7, 11) is 3.55. The maximum absolute atomic E-state index is 13.3. The highest BCUT2D eigenvalue weighted by atomic mass is 32.1. The molecule has 5 aromatic heterocycles. The summed E-state index contributed by atoms with van der Waals surface area (Å²) in [6.07, 6.45) is 4.20. The summed E-state index contributed by atoms with van der Waals surface area (Å²) in [4.78, 5) is 22.8. The van der Waals surface area contributed by atoms with E-state index in [9.17, 15) is 4.79 Å². The van der Waals surface area contributed by atoms with E-state index in [0.29, 0.717) is 25.1 Å². The zero-order chi connectivity index (χ0) is 22.5. The van der Waals surface area contributed by atoms with E-state index >= 15 is 0 Å². The van der Waals surface area contributed by atoms with E-state index in [1.807, 2.05) is 35.2 Å². The van der Waals surface area contributed by atoms with Crippen LogP contribution in [0.25, 0.3) is 32.2 Å². The Kier molecular flexibility index (Phi) is 4.82. The van der Waals surface area contributed by atoms with Crippen molar-refractivity contribution in [1.29, 1.82) is 0 Å². The summed E-state index contributed by atoms with van der Waals surface area (Å²) < 4.78 is 9.51. The number of fused-ring (bicyclic) bond motifs is 4. The Morgan fingerprint density at radius 2 is 2.06 bits per heavy atom. The lowest BCUT2D eigenvalue weighted by molar-refractivity contribution is 0.184. The van der Waals surface area contributed by atoms with Gasteiger partial charge in [0.25, 0.3) is 5.56 Å². The number of nitrogens with zero attached hydrogens (tertiary/aromatic N) is 6. The molecule has 0 spiro atoms. The van der Waals surface area contributed by atoms with E-state index < -0.39 is 0 Å². The lowest BCUT2D eigenvalue weighted by atomic mass is 10.1. The molecule has 11 heteroatoms. The van der Waals surface area contributed by atoms with Crippen molar-refractivity contribution in [2.45, 2.75) is 19.6 Å². The molecule has 0 aliphatic rings. The minimum atomic E-state index is -0.133. The van der Waals surface area contributed by atoms with E-state index in [1.54, 1.807) is 42.2 Å². The van der Waals surface area contributed by atoms with Crippen molar-refractivity contribution in [3.8, 4) is 0 Å². The van der Waals surface area contributed by atoms with Crippen LogP contribution in [0.3, 0.4) is 0 Å². The molecular weight excluding hydrogens is 458 g/mol. The average Bonchev–Trinajstić information content (AvgIpc) is 3.58. The van der Waals surface area contributed by atoms with Crippen LogP contribution >= 0.6 is 22.7 Å². The van der Waals surface area contributed by atoms with E-state index in [2.05, 4.69) is 20.3 Å². The number of ether oxygens (including phenoxy) is 1. The first-order valence-electron chi connectivity index (χ1n) is 10.3. The first kappa shape index (κ1) is 20.2. The number of nitrogens with one attached hydrogen (secondary N) is 1. The van der Waals surface area contributed by atoms with Gasteiger partial charge in [-0.15, -0.1) is 22.7 Å². The Balaban J connectivity index is 1.37. The highest BCUT2D eigenvalue weighted by Gasteiger charge is 2.19. The quantitative estimate of drug-likeness (QED) is 0.394. The highest BCUT2D eigenvalue weighted by molar-refractivity contribution is 7.19. The van der Waals surface area contributed by atoms with Crippen molar-refractivity contribution in [3.63, 3.8) is 0 Å². The van der Waals surface area contributed by atoms with Crippen LogP contribution in [0.15, 0.2) is 40.8 Å². The fraction of sp³-hybridized carbons (Fsp3) is 0.227. The third-order valence-corrected chi connectivity index (χ3v) is 7.61. The molecule has 0 fully saturated rings. The fourth-order valence-corrected chi connectivity index (χ4v) is 6.01. The van der Waals surface area contributed by atoms with Gasteiger partial charge in [-0.1, -0.05) is 12.1 Å². The zero-order valence-electron chi connectivity index (χ0n) is 17.9. The summed E-state index contributed by atoms with van der Waals surface area (Å²) in [6.45, 7) is 0.888. The summed E-state index contributed by atoms with van der Waals surface area (Å²) in [5.41, 5.74) is 4.18. The van der Waals surface area contributed by atoms with E-state index in [0.717, 1.165) is 47.9 Å². The summed E-state index contributed by atoms with van der Waals surface area (Å²) in [5.74, 6) is 0. The van der Waals surface area contributed by atoms with Crippen LogP contribution in [0.4, 0.5) is 0 Å². The largest absolute Gasteiger partial charge is 0.378 e. The van der Waals surface area contributed by atoms with Gasteiger partial charge in [0.05, 0.1) is 41.5 Å². The Hall–Kier alpha value is -3.41. The van der Waals surface area contributed by atoms with Gasteiger partial charge >= 0.3 is 0 Å². The van der Waals surface area contributed by atoms with Gasteiger partial charge in [0.1, 0.15) is 15.5 Å². The number of hydrogen-bond acceptors (Lipinski definition) is 8. The number of H-pyrrole nitrogens is 1. The molecule has 5 heterocycles. The topological polar surface area (TPSA) is 104 Å². The number of thiazole rings is 2. The van der Waals surface area contributed by atoms with Crippen LogP contribution < -0.4 is 5.56 Å². The van der Waals surface area contributed by atoms with Gasteiger partial charge in [-0.25, -0.2) is 14.6 Å². The average molecular weight is 478 g/mol. The van der Waals surface area contributed by atoms with Crippen molar-refractivity contribution >= 4 is 54.8 Å². The number of aryl methyl sites for hydroxylation is 1. The third-order valence-electron chi connectivity index (χ3n) is 5.66. The molecule has 6 rings (SSSR count). The maximum Gasteiger partial charge on any atom is 0.291 e. The molecule has 0 saturated heterocycles. The Morgan fingerprint density at radius 3 is 2.94 bits per heavy atom. The normalized spacial score (nSPS) is 11.9. The predicted octanol–water partition coefficient (Wildman–Crippen LogP) is 3.46. The standard InChI is InChI=1S/C22H19N7O2S2/c1-28-19-15(20-21(28)26-17(33-20)6-13-11-32-18(25-13)10-31-2)8-24-29(22(19)30)9-12-4-3-5-16-14(12)7-23-27-16/h3-5,7-8,11H,6,9-10H2,1-2H3,(H,23,27). The first-order valence-corrected chi connectivity index (χ1v) is 12.0. The molecule has 166 valence electrons. The molecule has 9 nitrogen and oxygen atoms in total. The fourth-order valence-electron chi connectivity index (χ4n) is 4.12. The lowest BCUT2D eigenvalue weighted by Gasteiger charge is -2.07. The molecule has 0 bridgehead atoms. The lowest BCUT2D eigenvalue weighted by Crippen LogP contribution is -2.24. The molecule has 33 heavy (non-hydrogen) atoms. The van der Waals surface area contributed by atoms with Gasteiger partial charge in [-0.05, 0) is 11.6 Å². The van der Waals surface area contributed by atoms with Crippen LogP contribution in [0.2, 0.25) is 0 Å². The Bertz CT molecular complexity index is 1690. The van der Waals surface area contributed by atoms with Crippen molar-refractivity contribution in [1.82, 2.24) is 34.5 Å². The number of aromatic nitrogens is 7. The smallest absolute Gasteiger partial charge is 0.291 e. The Morgan fingerprint density at radius 1 is 1.15 bits per heavy atom. The van der Waals surface area contributed by atoms with Gasteiger partial charge in [0, 0.05) is 36.7 Å². The van der Waals surface area contributed by atoms with Crippen LogP contribution in [0, 0.1) is 0 Å². The summed E-state index contributed by atoms with van der Waals surface area (Å²) in [5, 5.41) is 17.3. The highest BCUT2D eigenvalue weighted by Crippen LogP contribution is 2.32. The van der Waals surface area contributed by atoms with E-state index in [-0.39, 0.29) is 5.56 Å². The summed E-state index contributed by atoms with van der Waals surface area (Å²) >= 11 is 3.18. The minimum Gasteiger partial charge on any atom is -0.378 e. The molecule has 0 amide bonds. The van der Waals surface area contributed by atoms with E-state index in [1.165, 1.54) is 4.68 Å². The second-order valence-corrected chi connectivity index (χ2v) is 9.81. The second kappa shape index (κ2) is 7.87.